The van der Waals surface area contributed by atoms with Crippen molar-refractivity contribution in [3.8, 4) is 0 Å². The lowest BCUT2D eigenvalue weighted by Crippen LogP contribution is -2.29. The highest BCUT2D eigenvalue weighted by Crippen LogP contribution is 2.37. The van der Waals surface area contributed by atoms with Gasteiger partial charge in [-0.25, -0.2) is 0 Å². The highest BCUT2D eigenvalue weighted by molar-refractivity contribution is 6.24. The van der Waals surface area contributed by atoms with Crippen LogP contribution in [0.25, 0.3) is 0 Å². The maximum Gasteiger partial charge on any atom is 0.168 e. The lowest BCUT2D eigenvalue weighted by Gasteiger charge is -2.28. The van der Waals surface area contributed by atoms with Crippen molar-refractivity contribution in [3.05, 3.63) is 64.2 Å². The molecule has 1 atom stereocenters. The fourth-order valence-corrected chi connectivity index (χ4v) is 5.04. The number of hydrogen-bond donors (Lipinski definition) is 1. The minimum Gasteiger partial charge on any atom is -0.511 e. The molecule has 2 aliphatic carbocycles. The number of Topliss-reactive ketones (excluding diaryl/α,β-unsaturated/α-hetero) is 2. The number of aryl methyl sites for hydroxylation is 1. The molecule has 0 radical (unpaired) electrons. The average molecular weight is 463 g/mol. The van der Waals surface area contributed by atoms with Gasteiger partial charge < -0.3 is 9.63 Å². The van der Waals surface area contributed by atoms with Gasteiger partial charge in [0, 0.05) is 32.1 Å². The molecular formula is C28H34N2O4. The van der Waals surface area contributed by atoms with Crippen LogP contribution in [0.3, 0.4) is 0 Å². The molecule has 1 unspecified atom stereocenters. The Morgan fingerprint density at radius 3 is 2.50 bits per heavy atom. The van der Waals surface area contributed by atoms with Crippen molar-refractivity contribution in [2.45, 2.75) is 84.6 Å². The number of ketones is 2. The Balaban J connectivity index is 1.60. The summed E-state index contributed by atoms with van der Waals surface area (Å²) in [4.78, 5) is 30.8. The van der Waals surface area contributed by atoms with Gasteiger partial charge in [0.15, 0.2) is 11.6 Å². The molecule has 1 aromatic heterocycles. The van der Waals surface area contributed by atoms with E-state index in [1.807, 2.05) is 65.0 Å². The molecule has 180 valence electrons. The molecule has 0 saturated heterocycles. The van der Waals surface area contributed by atoms with Crippen LogP contribution in [-0.4, -0.2) is 33.1 Å². The smallest absolute Gasteiger partial charge is 0.168 e. The van der Waals surface area contributed by atoms with E-state index in [4.69, 9.17) is 9.52 Å². The topological polar surface area (TPSA) is 92.8 Å². The van der Waals surface area contributed by atoms with Crippen LogP contribution in [0.2, 0.25) is 0 Å². The van der Waals surface area contributed by atoms with Crippen LogP contribution in [-0.2, 0) is 17.6 Å². The number of allylic oxidation sites excluding steroid dienone is 2. The molecule has 4 rings (SSSR count). The molecule has 1 N–H and O–H groups in total. The number of carbonyl (C=O) groups excluding carboxylic acids is 2. The number of nitrogens with zero attached hydrogens (tertiary/aromatic N) is 2. The number of hydrogen-bond acceptors (Lipinski definition) is 6. The predicted molar refractivity (Wildman–Crippen MR) is 132 cm³/mol. The van der Waals surface area contributed by atoms with Crippen LogP contribution in [0.5, 0.6) is 0 Å². The van der Waals surface area contributed by atoms with Crippen molar-refractivity contribution >= 4 is 17.3 Å². The van der Waals surface area contributed by atoms with Gasteiger partial charge in [0.1, 0.15) is 11.5 Å². The Morgan fingerprint density at radius 2 is 1.82 bits per heavy atom. The Labute approximate surface area is 201 Å². The van der Waals surface area contributed by atoms with Crippen LogP contribution < -0.4 is 0 Å². The number of aliphatic imine (C=N–C) groups is 1. The Kier molecular flexibility index (Phi) is 6.36. The van der Waals surface area contributed by atoms with Crippen LogP contribution in [0.15, 0.2) is 51.2 Å². The molecule has 0 spiro atoms. The van der Waals surface area contributed by atoms with E-state index < -0.39 is 0 Å². The molecule has 2 aliphatic rings. The summed E-state index contributed by atoms with van der Waals surface area (Å²) in [5.41, 5.74) is 2.66. The van der Waals surface area contributed by atoms with Gasteiger partial charge >= 0.3 is 0 Å². The third-order valence-corrected chi connectivity index (χ3v) is 6.46. The number of fused-ring (bicyclic) bond motifs is 1. The maximum atomic E-state index is 13.2. The Hall–Kier alpha value is -3.02. The monoisotopic (exact) mass is 462 g/mol. The molecule has 34 heavy (non-hydrogen) atoms. The van der Waals surface area contributed by atoms with Gasteiger partial charge in [0.05, 0.1) is 28.1 Å². The number of aliphatic hydroxyl groups is 1. The maximum absolute atomic E-state index is 13.2. The third-order valence-electron chi connectivity index (χ3n) is 6.46. The first-order valence-electron chi connectivity index (χ1n) is 12.0. The number of carbonyl (C=O) groups is 2. The number of benzene rings is 1. The molecule has 0 bridgehead atoms. The van der Waals surface area contributed by atoms with Gasteiger partial charge in [0.2, 0.25) is 0 Å². The second-order valence-corrected chi connectivity index (χ2v) is 11.4. The molecule has 2 aromatic rings. The van der Waals surface area contributed by atoms with Gasteiger partial charge in [-0.1, -0.05) is 49.3 Å². The first-order valence-corrected chi connectivity index (χ1v) is 12.0. The molecule has 1 aromatic carbocycles. The average Bonchev–Trinajstić information content (AvgIpc) is 3.13. The normalized spacial score (nSPS) is 23.2. The molecule has 1 fully saturated rings. The summed E-state index contributed by atoms with van der Waals surface area (Å²) in [5, 5.41) is 15.2. The molecule has 6 heteroatoms. The van der Waals surface area contributed by atoms with Gasteiger partial charge in [0.25, 0.3) is 0 Å². The highest BCUT2D eigenvalue weighted by Gasteiger charge is 2.37. The molecule has 1 saturated carbocycles. The van der Waals surface area contributed by atoms with Gasteiger partial charge in [-0.2, -0.15) is 0 Å². The van der Waals surface area contributed by atoms with Crippen molar-refractivity contribution in [3.63, 3.8) is 0 Å². The van der Waals surface area contributed by atoms with Crippen molar-refractivity contribution in [2.24, 2.45) is 10.4 Å². The lowest BCUT2D eigenvalue weighted by atomic mass is 9.76. The summed E-state index contributed by atoms with van der Waals surface area (Å²) < 4.78 is 5.48. The predicted octanol–water partition coefficient (Wildman–Crippen LogP) is 5.96. The van der Waals surface area contributed by atoms with Gasteiger partial charge in [-0.3, -0.25) is 14.6 Å². The fraction of sp³-hybridized carbons (Fsp3) is 0.500. The van der Waals surface area contributed by atoms with Crippen molar-refractivity contribution < 1.29 is 19.2 Å². The van der Waals surface area contributed by atoms with E-state index in [1.54, 1.807) is 0 Å². The number of aliphatic hydroxyl groups excluding tert-OH is 1. The fourth-order valence-electron chi connectivity index (χ4n) is 5.04. The summed E-state index contributed by atoms with van der Waals surface area (Å²) >= 11 is 0. The Bertz CT molecular complexity index is 1160. The van der Waals surface area contributed by atoms with Crippen LogP contribution in [0.1, 0.15) is 93.6 Å². The summed E-state index contributed by atoms with van der Waals surface area (Å²) in [7, 11) is 0. The standard InChI is InChI=1S/C28H34N2O4/c1-27(2,3)29-20-13-18(17-9-7-6-8-10-17)14-22(32)25(20)21(31)12-11-19-26-23(33)15-28(4,5)16-24(26)34-30-19/h6-10,18,31H,11-16H2,1-5H3. The Morgan fingerprint density at radius 1 is 1.12 bits per heavy atom. The second kappa shape index (κ2) is 8.97. The summed E-state index contributed by atoms with van der Waals surface area (Å²) in [5.74, 6) is 0.609. The molecule has 0 aliphatic heterocycles. The lowest BCUT2D eigenvalue weighted by molar-refractivity contribution is -0.116. The SMILES string of the molecule is CC1(C)CC(=O)c2c(CCC(O)=C3C(=O)CC(c4ccccc4)CC3=NC(C)(C)C)noc2C1. The summed E-state index contributed by atoms with van der Waals surface area (Å²) in [6, 6.07) is 9.98. The zero-order valence-corrected chi connectivity index (χ0v) is 20.8. The van der Waals surface area contributed by atoms with Crippen molar-refractivity contribution in [1.82, 2.24) is 5.16 Å². The van der Waals surface area contributed by atoms with E-state index in [0.717, 1.165) is 5.56 Å². The van der Waals surface area contributed by atoms with E-state index >= 15 is 0 Å². The molecule has 0 amide bonds. The van der Waals surface area contributed by atoms with Crippen molar-refractivity contribution in [2.75, 3.05) is 0 Å². The summed E-state index contributed by atoms with van der Waals surface area (Å²) in [6.45, 7) is 10.0. The zero-order chi connectivity index (χ0) is 24.7. The van der Waals surface area contributed by atoms with Gasteiger partial charge in [-0.05, 0) is 44.1 Å². The van der Waals surface area contributed by atoms with Crippen LogP contribution >= 0.6 is 0 Å². The highest BCUT2D eigenvalue weighted by atomic mass is 16.5. The molecular weight excluding hydrogens is 428 g/mol. The minimum absolute atomic E-state index is 0.0137. The third kappa shape index (κ3) is 5.21. The van der Waals surface area contributed by atoms with E-state index in [-0.39, 0.29) is 40.6 Å². The van der Waals surface area contributed by atoms with E-state index in [9.17, 15) is 14.7 Å². The first kappa shape index (κ1) is 24.1. The van der Waals surface area contributed by atoms with E-state index in [2.05, 4.69) is 5.16 Å². The summed E-state index contributed by atoms with van der Waals surface area (Å²) in [6.07, 6.45) is 2.58. The van der Waals surface area contributed by atoms with E-state index in [1.165, 1.54) is 0 Å². The molecule has 6 nitrogen and oxygen atoms in total. The van der Waals surface area contributed by atoms with Crippen molar-refractivity contribution in [1.29, 1.82) is 0 Å². The van der Waals surface area contributed by atoms with Crippen LogP contribution in [0, 0.1) is 5.41 Å². The largest absolute Gasteiger partial charge is 0.511 e. The second-order valence-electron chi connectivity index (χ2n) is 11.4. The minimum atomic E-state index is -0.385. The number of aromatic nitrogens is 1. The molecule has 1 heterocycles. The zero-order valence-electron chi connectivity index (χ0n) is 20.8. The van der Waals surface area contributed by atoms with Gasteiger partial charge in [-0.15, -0.1) is 0 Å². The number of rotatable bonds is 4. The quantitative estimate of drug-likeness (QED) is 0.447. The first-order chi connectivity index (χ1) is 15.9. The van der Waals surface area contributed by atoms with Crippen LogP contribution in [0.4, 0.5) is 0 Å². The van der Waals surface area contributed by atoms with E-state index in [0.29, 0.717) is 60.4 Å².